The molecule has 6 heteroatoms. The third-order valence-corrected chi connectivity index (χ3v) is 6.12. The standard InChI is InChI=1S/C26H39N3O3/c1-3-5-6-7-8-9-10-18-32-24-13-11-12-23-26(24)22(19-28-17-15-27-21-28)20-29(23)16-14-25(30)31-4-2/h11-13,15,17,21-22H,3-10,14,16,18-20H2,1-2H3. The molecular formula is C26H39N3O3. The third kappa shape index (κ3) is 7.01. The number of fused-ring (bicyclic) bond motifs is 1. The molecule has 2 heterocycles. The first-order valence-electron chi connectivity index (χ1n) is 12.3. The topological polar surface area (TPSA) is 56.6 Å². The predicted molar refractivity (Wildman–Crippen MR) is 128 cm³/mol. The van der Waals surface area contributed by atoms with Gasteiger partial charge in [-0.3, -0.25) is 4.79 Å². The molecule has 0 saturated heterocycles. The van der Waals surface area contributed by atoms with Crippen LogP contribution >= 0.6 is 0 Å². The number of nitrogens with zero attached hydrogens (tertiary/aromatic N) is 3. The fourth-order valence-electron chi connectivity index (χ4n) is 4.51. The molecule has 2 aromatic rings. The smallest absolute Gasteiger partial charge is 0.307 e. The average molecular weight is 442 g/mol. The minimum Gasteiger partial charge on any atom is -0.493 e. The Hall–Kier alpha value is -2.50. The number of carbonyl (C=O) groups excluding carboxylic acids is 1. The fraction of sp³-hybridized carbons (Fsp3) is 0.615. The number of unbranched alkanes of at least 4 members (excludes halogenated alkanes) is 6. The zero-order valence-electron chi connectivity index (χ0n) is 19.8. The average Bonchev–Trinajstić information content (AvgIpc) is 3.43. The van der Waals surface area contributed by atoms with Crippen LogP contribution in [0, 0.1) is 0 Å². The molecule has 0 spiro atoms. The van der Waals surface area contributed by atoms with E-state index in [2.05, 4.69) is 39.6 Å². The number of ether oxygens (including phenoxy) is 2. The van der Waals surface area contributed by atoms with Crippen molar-refractivity contribution < 1.29 is 14.3 Å². The molecule has 1 unspecified atom stereocenters. The van der Waals surface area contributed by atoms with Crippen LogP contribution in [0.2, 0.25) is 0 Å². The van der Waals surface area contributed by atoms with Gasteiger partial charge < -0.3 is 18.9 Å². The SMILES string of the molecule is CCCCCCCCCOc1cccc2c1C(Cn1ccnc1)CN2CCC(=O)OCC. The Labute approximate surface area is 192 Å². The number of anilines is 1. The van der Waals surface area contributed by atoms with Crippen molar-refractivity contribution in [3.05, 3.63) is 42.5 Å². The Morgan fingerprint density at radius 3 is 2.69 bits per heavy atom. The lowest BCUT2D eigenvalue weighted by molar-refractivity contribution is -0.142. The summed E-state index contributed by atoms with van der Waals surface area (Å²) < 4.78 is 13.5. The van der Waals surface area contributed by atoms with E-state index in [0.29, 0.717) is 25.5 Å². The first-order chi connectivity index (χ1) is 15.7. The van der Waals surface area contributed by atoms with Gasteiger partial charge in [-0.2, -0.15) is 0 Å². The number of aromatic nitrogens is 2. The van der Waals surface area contributed by atoms with E-state index in [1.165, 1.54) is 49.8 Å². The molecule has 32 heavy (non-hydrogen) atoms. The molecule has 0 N–H and O–H groups in total. The number of imidazole rings is 1. The quantitative estimate of drug-likeness (QED) is 0.267. The Bertz CT molecular complexity index is 807. The molecule has 3 rings (SSSR count). The molecule has 0 bridgehead atoms. The Morgan fingerprint density at radius 1 is 1.12 bits per heavy atom. The van der Waals surface area contributed by atoms with Crippen LogP contribution in [0.15, 0.2) is 36.9 Å². The second kappa shape index (κ2) is 13.1. The van der Waals surface area contributed by atoms with E-state index in [1.807, 2.05) is 25.6 Å². The summed E-state index contributed by atoms with van der Waals surface area (Å²) in [6.45, 7) is 7.66. The van der Waals surface area contributed by atoms with E-state index in [-0.39, 0.29) is 5.97 Å². The molecule has 0 amide bonds. The van der Waals surface area contributed by atoms with Crippen molar-refractivity contribution in [2.45, 2.75) is 77.7 Å². The van der Waals surface area contributed by atoms with Crippen LogP contribution in [0.25, 0.3) is 0 Å². The van der Waals surface area contributed by atoms with Crippen LogP contribution in [0.1, 0.15) is 76.7 Å². The van der Waals surface area contributed by atoms with Gasteiger partial charge in [-0.25, -0.2) is 4.98 Å². The molecule has 1 aromatic heterocycles. The minimum absolute atomic E-state index is 0.140. The van der Waals surface area contributed by atoms with Crippen LogP contribution in [0.3, 0.4) is 0 Å². The minimum atomic E-state index is -0.140. The monoisotopic (exact) mass is 441 g/mol. The van der Waals surface area contributed by atoms with Crippen molar-refractivity contribution in [1.29, 1.82) is 0 Å². The van der Waals surface area contributed by atoms with Gasteiger partial charge in [-0.15, -0.1) is 0 Å². The summed E-state index contributed by atoms with van der Waals surface area (Å²) >= 11 is 0. The highest BCUT2D eigenvalue weighted by Gasteiger charge is 2.32. The lowest BCUT2D eigenvalue weighted by atomic mass is 10.00. The van der Waals surface area contributed by atoms with E-state index >= 15 is 0 Å². The van der Waals surface area contributed by atoms with Gasteiger partial charge in [0.05, 0.1) is 26.0 Å². The Morgan fingerprint density at radius 2 is 1.94 bits per heavy atom. The molecular weight excluding hydrogens is 402 g/mol. The third-order valence-electron chi connectivity index (χ3n) is 6.12. The zero-order chi connectivity index (χ0) is 22.6. The molecule has 1 aromatic carbocycles. The molecule has 1 aliphatic rings. The second-order valence-corrected chi connectivity index (χ2v) is 8.62. The number of hydrogen-bond acceptors (Lipinski definition) is 5. The largest absolute Gasteiger partial charge is 0.493 e. The Balaban J connectivity index is 1.62. The highest BCUT2D eigenvalue weighted by Crippen LogP contribution is 2.43. The van der Waals surface area contributed by atoms with E-state index in [4.69, 9.17) is 9.47 Å². The van der Waals surface area contributed by atoms with Gasteiger partial charge in [-0.1, -0.05) is 51.5 Å². The predicted octanol–water partition coefficient (Wildman–Crippen LogP) is 5.57. The fourth-order valence-corrected chi connectivity index (χ4v) is 4.51. The number of hydrogen-bond donors (Lipinski definition) is 0. The van der Waals surface area contributed by atoms with Crippen LogP contribution in [-0.4, -0.2) is 41.8 Å². The normalized spacial score (nSPS) is 15.1. The van der Waals surface area contributed by atoms with Gasteiger partial charge in [0.1, 0.15) is 5.75 Å². The maximum absolute atomic E-state index is 11.9. The van der Waals surface area contributed by atoms with Gasteiger partial charge in [0, 0.05) is 49.2 Å². The van der Waals surface area contributed by atoms with Crippen molar-refractivity contribution in [2.75, 3.05) is 31.2 Å². The summed E-state index contributed by atoms with van der Waals surface area (Å²) in [7, 11) is 0. The van der Waals surface area contributed by atoms with Crippen molar-refractivity contribution in [1.82, 2.24) is 9.55 Å². The maximum Gasteiger partial charge on any atom is 0.307 e. The van der Waals surface area contributed by atoms with Crippen molar-refractivity contribution in [2.24, 2.45) is 0 Å². The number of benzene rings is 1. The Kier molecular flexibility index (Phi) is 9.92. The van der Waals surface area contributed by atoms with Gasteiger partial charge >= 0.3 is 5.97 Å². The van der Waals surface area contributed by atoms with E-state index in [9.17, 15) is 4.79 Å². The first kappa shape index (κ1) is 24.1. The maximum atomic E-state index is 11.9. The summed E-state index contributed by atoms with van der Waals surface area (Å²) in [5.74, 6) is 1.14. The van der Waals surface area contributed by atoms with Gasteiger partial charge in [-0.05, 0) is 25.5 Å². The molecule has 1 aliphatic heterocycles. The molecule has 0 aliphatic carbocycles. The molecule has 176 valence electrons. The van der Waals surface area contributed by atoms with Crippen LogP contribution in [0.4, 0.5) is 5.69 Å². The van der Waals surface area contributed by atoms with Crippen LogP contribution in [0.5, 0.6) is 5.75 Å². The zero-order valence-corrected chi connectivity index (χ0v) is 19.8. The lowest BCUT2D eigenvalue weighted by Gasteiger charge is -2.19. The van der Waals surface area contributed by atoms with Crippen LogP contribution < -0.4 is 9.64 Å². The number of carbonyl (C=O) groups is 1. The molecule has 0 fully saturated rings. The molecule has 1 atom stereocenters. The highest BCUT2D eigenvalue weighted by molar-refractivity contribution is 5.71. The lowest BCUT2D eigenvalue weighted by Crippen LogP contribution is -2.26. The molecule has 6 nitrogen and oxygen atoms in total. The summed E-state index contributed by atoms with van der Waals surface area (Å²) in [5, 5.41) is 0. The number of esters is 1. The second-order valence-electron chi connectivity index (χ2n) is 8.62. The summed E-state index contributed by atoms with van der Waals surface area (Å²) in [6, 6.07) is 6.31. The van der Waals surface area contributed by atoms with Gasteiger partial charge in [0.25, 0.3) is 0 Å². The van der Waals surface area contributed by atoms with E-state index < -0.39 is 0 Å². The summed E-state index contributed by atoms with van der Waals surface area (Å²) in [4.78, 5) is 18.4. The molecule has 0 radical (unpaired) electrons. The van der Waals surface area contributed by atoms with E-state index in [0.717, 1.165) is 31.9 Å². The van der Waals surface area contributed by atoms with Crippen molar-refractivity contribution in [3.8, 4) is 5.75 Å². The summed E-state index contributed by atoms with van der Waals surface area (Å²) in [5.41, 5.74) is 2.43. The van der Waals surface area contributed by atoms with Gasteiger partial charge in [0.2, 0.25) is 0 Å². The van der Waals surface area contributed by atoms with Crippen LogP contribution in [-0.2, 0) is 16.1 Å². The number of rotatable bonds is 15. The van der Waals surface area contributed by atoms with Gasteiger partial charge in [0.15, 0.2) is 0 Å². The highest BCUT2D eigenvalue weighted by atomic mass is 16.5. The van der Waals surface area contributed by atoms with Crippen molar-refractivity contribution in [3.63, 3.8) is 0 Å². The first-order valence-corrected chi connectivity index (χ1v) is 12.3. The van der Waals surface area contributed by atoms with E-state index in [1.54, 1.807) is 0 Å². The van der Waals surface area contributed by atoms with Crippen molar-refractivity contribution >= 4 is 11.7 Å². The molecule has 0 saturated carbocycles. The summed E-state index contributed by atoms with van der Waals surface area (Å²) in [6.07, 6.45) is 15.0.